The van der Waals surface area contributed by atoms with E-state index in [9.17, 15) is 15.0 Å². The lowest BCUT2D eigenvalue weighted by Crippen LogP contribution is -2.02. The minimum Gasteiger partial charge on any atom is -0.504 e. The predicted molar refractivity (Wildman–Crippen MR) is 92.7 cm³/mol. The number of thiophene rings is 1. The number of aromatic nitrogens is 1. The van der Waals surface area contributed by atoms with E-state index < -0.39 is 0 Å². The number of nitrogen functional groups attached to an aromatic ring is 1. The third kappa shape index (κ3) is 2.68. The van der Waals surface area contributed by atoms with Crippen molar-refractivity contribution in [1.82, 2.24) is 4.98 Å². The molecule has 7 heteroatoms. The molecule has 2 aromatic heterocycles. The molecule has 0 unspecified atom stereocenters. The van der Waals surface area contributed by atoms with Gasteiger partial charge in [-0.15, -0.1) is 11.3 Å². The Morgan fingerprint density at radius 2 is 2.04 bits per heavy atom. The van der Waals surface area contributed by atoms with Gasteiger partial charge < -0.3 is 20.7 Å². The lowest BCUT2D eigenvalue weighted by molar-refractivity contribution is 0.104. The molecular formula is C17H16N2O4S. The zero-order valence-electron chi connectivity index (χ0n) is 13.2. The topological polar surface area (TPSA) is 106 Å². The minimum atomic E-state index is -0.352. The van der Waals surface area contributed by atoms with Crippen LogP contribution in [-0.2, 0) is 11.3 Å². The first-order valence-electron chi connectivity index (χ1n) is 7.16. The summed E-state index contributed by atoms with van der Waals surface area (Å²) in [6.07, 6.45) is 0. The number of phenolic OH excluding ortho intramolecular Hbond substituents is 2. The molecule has 0 saturated heterocycles. The van der Waals surface area contributed by atoms with Crippen LogP contribution in [0.3, 0.4) is 0 Å². The van der Waals surface area contributed by atoms with Crippen LogP contribution < -0.4 is 5.73 Å². The van der Waals surface area contributed by atoms with Crippen LogP contribution in [0, 0.1) is 6.92 Å². The minimum absolute atomic E-state index is 0.244. The molecule has 0 radical (unpaired) electrons. The van der Waals surface area contributed by atoms with Crippen molar-refractivity contribution in [2.45, 2.75) is 13.5 Å². The number of pyridine rings is 1. The van der Waals surface area contributed by atoms with Crippen molar-refractivity contribution in [3.63, 3.8) is 0 Å². The monoisotopic (exact) mass is 344 g/mol. The molecule has 3 aromatic rings. The molecule has 0 aliphatic heterocycles. The number of rotatable bonds is 4. The molecule has 0 aliphatic carbocycles. The van der Waals surface area contributed by atoms with Crippen molar-refractivity contribution in [3.05, 3.63) is 46.0 Å². The zero-order valence-corrected chi connectivity index (χ0v) is 14.0. The summed E-state index contributed by atoms with van der Waals surface area (Å²) in [6.45, 7) is 2.24. The van der Waals surface area contributed by atoms with Crippen LogP contribution in [0.5, 0.6) is 11.5 Å². The number of carbonyl (C=O) groups is 1. The number of benzene rings is 1. The Kier molecular flexibility index (Phi) is 4.13. The molecule has 4 N–H and O–H groups in total. The predicted octanol–water partition coefficient (Wildman–Crippen LogP) is 2.98. The van der Waals surface area contributed by atoms with E-state index in [-0.39, 0.29) is 22.8 Å². The number of methoxy groups -OCH3 is 1. The number of carbonyl (C=O) groups excluding carboxylic acids is 1. The van der Waals surface area contributed by atoms with E-state index in [1.807, 2.05) is 13.0 Å². The van der Waals surface area contributed by atoms with Crippen molar-refractivity contribution < 1.29 is 19.7 Å². The maximum absolute atomic E-state index is 12.7. The number of nitrogens with zero attached hydrogens (tertiary/aromatic N) is 1. The molecule has 0 amide bonds. The fourth-order valence-electron chi connectivity index (χ4n) is 2.57. The Labute approximate surface area is 142 Å². The van der Waals surface area contributed by atoms with E-state index in [1.54, 1.807) is 7.11 Å². The van der Waals surface area contributed by atoms with Gasteiger partial charge in [-0.1, -0.05) is 0 Å². The summed E-state index contributed by atoms with van der Waals surface area (Å²) in [5.74, 6) is -0.961. The fraction of sp³-hybridized carbons (Fsp3) is 0.176. The number of ketones is 1. The first-order chi connectivity index (χ1) is 11.4. The van der Waals surface area contributed by atoms with Gasteiger partial charge in [-0.25, -0.2) is 4.98 Å². The standard InChI is InChI=1S/C17H16N2O4S/c1-8-5-10(7-23-2)13-14(18)16(24-17(13)19-8)15(22)9-3-4-11(20)12(21)6-9/h3-6,20-21H,7,18H2,1-2H3. The van der Waals surface area contributed by atoms with Crippen molar-refractivity contribution >= 4 is 33.0 Å². The second kappa shape index (κ2) is 6.10. The number of anilines is 1. The Bertz CT molecular complexity index is 949. The normalized spacial score (nSPS) is 11.1. The summed E-state index contributed by atoms with van der Waals surface area (Å²) in [5, 5.41) is 19.7. The van der Waals surface area contributed by atoms with Gasteiger partial charge in [-0.2, -0.15) is 0 Å². The van der Waals surface area contributed by atoms with Crippen LogP contribution >= 0.6 is 11.3 Å². The highest BCUT2D eigenvalue weighted by atomic mass is 32.1. The van der Waals surface area contributed by atoms with Crippen LogP contribution in [0.1, 0.15) is 26.5 Å². The Morgan fingerprint density at radius 1 is 1.29 bits per heavy atom. The molecule has 0 saturated carbocycles. The second-order valence-corrected chi connectivity index (χ2v) is 6.41. The van der Waals surface area contributed by atoms with E-state index >= 15 is 0 Å². The second-order valence-electron chi connectivity index (χ2n) is 5.41. The van der Waals surface area contributed by atoms with Crippen molar-refractivity contribution in [2.24, 2.45) is 0 Å². The van der Waals surface area contributed by atoms with E-state index in [4.69, 9.17) is 10.5 Å². The molecule has 0 aliphatic rings. The maximum Gasteiger partial charge on any atom is 0.205 e. The summed E-state index contributed by atoms with van der Waals surface area (Å²) >= 11 is 1.21. The number of ether oxygens (including phenoxy) is 1. The first-order valence-corrected chi connectivity index (χ1v) is 7.98. The molecule has 2 heterocycles. The Hall–Kier alpha value is -2.64. The van der Waals surface area contributed by atoms with E-state index in [2.05, 4.69) is 4.98 Å². The Morgan fingerprint density at radius 3 is 2.71 bits per heavy atom. The number of phenols is 2. The average Bonchev–Trinajstić information content (AvgIpc) is 2.86. The summed E-state index contributed by atoms with van der Waals surface area (Å²) < 4.78 is 5.20. The van der Waals surface area contributed by atoms with Crippen LogP contribution in [0.15, 0.2) is 24.3 Å². The van der Waals surface area contributed by atoms with Crippen LogP contribution in [0.2, 0.25) is 0 Å². The molecule has 3 rings (SSSR count). The highest BCUT2D eigenvalue weighted by molar-refractivity contribution is 7.21. The van der Waals surface area contributed by atoms with Crippen molar-refractivity contribution in [2.75, 3.05) is 12.8 Å². The lowest BCUT2D eigenvalue weighted by atomic mass is 10.1. The van der Waals surface area contributed by atoms with E-state index in [0.717, 1.165) is 16.6 Å². The lowest BCUT2D eigenvalue weighted by Gasteiger charge is -2.05. The first kappa shape index (κ1) is 16.2. The summed E-state index contributed by atoms with van der Waals surface area (Å²) in [5.41, 5.74) is 8.50. The number of fused-ring (bicyclic) bond motifs is 1. The van der Waals surface area contributed by atoms with Gasteiger partial charge in [0, 0.05) is 23.8 Å². The highest BCUT2D eigenvalue weighted by Gasteiger charge is 2.21. The molecule has 24 heavy (non-hydrogen) atoms. The number of hydrogen-bond donors (Lipinski definition) is 3. The third-order valence-corrected chi connectivity index (χ3v) is 4.75. The van der Waals surface area contributed by atoms with Gasteiger partial charge in [-0.3, -0.25) is 4.79 Å². The molecule has 0 bridgehead atoms. The summed E-state index contributed by atoms with van der Waals surface area (Å²) in [7, 11) is 1.59. The molecule has 6 nitrogen and oxygen atoms in total. The van der Waals surface area contributed by atoms with Gasteiger partial charge >= 0.3 is 0 Å². The number of aromatic hydroxyl groups is 2. The van der Waals surface area contributed by atoms with Crippen LogP contribution in [-0.4, -0.2) is 28.1 Å². The quantitative estimate of drug-likeness (QED) is 0.496. The van der Waals surface area contributed by atoms with Crippen LogP contribution in [0.4, 0.5) is 5.69 Å². The smallest absolute Gasteiger partial charge is 0.205 e. The van der Waals surface area contributed by atoms with Crippen molar-refractivity contribution in [3.8, 4) is 11.5 Å². The van der Waals surface area contributed by atoms with Crippen LogP contribution in [0.25, 0.3) is 10.2 Å². The van der Waals surface area contributed by atoms with Crippen molar-refractivity contribution in [1.29, 1.82) is 0 Å². The highest BCUT2D eigenvalue weighted by Crippen LogP contribution is 2.37. The Balaban J connectivity index is 2.16. The third-order valence-electron chi connectivity index (χ3n) is 3.65. The number of aryl methyl sites for hydroxylation is 1. The van der Waals surface area contributed by atoms with E-state index in [0.29, 0.717) is 22.0 Å². The summed E-state index contributed by atoms with van der Waals surface area (Å²) in [4.78, 5) is 18.2. The zero-order chi connectivity index (χ0) is 17.4. The molecular weight excluding hydrogens is 328 g/mol. The SMILES string of the molecule is COCc1cc(C)nc2sc(C(=O)c3ccc(O)c(O)c3)c(N)c12. The van der Waals surface area contributed by atoms with Gasteiger partial charge in [0.1, 0.15) is 9.71 Å². The largest absolute Gasteiger partial charge is 0.504 e. The van der Waals surface area contributed by atoms with Gasteiger partial charge in [0.25, 0.3) is 0 Å². The fourth-order valence-corrected chi connectivity index (χ4v) is 3.72. The van der Waals surface area contributed by atoms with Gasteiger partial charge in [-0.05, 0) is 36.8 Å². The molecule has 0 spiro atoms. The number of hydrogen-bond acceptors (Lipinski definition) is 7. The molecule has 124 valence electrons. The molecule has 0 atom stereocenters. The van der Waals surface area contributed by atoms with Gasteiger partial charge in [0.05, 0.1) is 12.3 Å². The molecule has 0 fully saturated rings. The molecule has 1 aromatic carbocycles. The van der Waals surface area contributed by atoms with Gasteiger partial charge in [0.15, 0.2) is 11.5 Å². The average molecular weight is 344 g/mol. The number of nitrogens with two attached hydrogens (primary N) is 1. The maximum atomic E-state index is 12.7. The van der Waals surface area contributed by atoms with E-state index in [1.165, 1.54) is 29.5 Å². The summed E-state index contributed by atoms with van der Waals surface area (Å²) in [6, 6.07) is 5.81. The van der Waals surface area contributed by atoms with Gasteiger partial charge in [0.2, 0.25) is 5.78 Å².